The summed E-state index contributed by atoms with van der Waals surface area (Å²) in [6.07, 6.45) is 2.10. The molecule has 92 valence electrons. The molecule has 0 aromatic heterocycles. The molecule has 0 bridgehead atoms. The second-order valence-corrected chi connectivity index (χ2v) is 4.49. The number of carbonyl (C=O) groups is 2. The Hall–Kier alpha value is -1.10. The molecule has 2 N–H and O–H groups in total. The first-order valence-corrected chi connectivity index (χ1v) is 5.55. The van der Waals surface area contributed by atoms with Crippen LogP contribution >= 0.6 is 0 Å². The molecule has 1 fully saturated rings. The van der Waals surface area contributed by atoms with Crippen LogP contribution in [0.25, 0.3) is 0 Å². The van der Waals surface area contributed by atoms with Crippen LogP contribution < -0.4 is 5.32 Å². The van der Waals surface area contributed by atoms with Crippen LogP contribution in [0.4, 0.5) is 0 Å². The summed E-state index contributed by atoms with van der Waals surface area (Å²) in [5.74, 6) is -0.906. The van der Waals surface area contributed by atoms with Crippen molar-refractivity contribution < 1.29 is 19.4 Å². The Bertz CT molecular complexity index is 263. The van der Waals surface area contributed by atoms with E-state index in [0.29, 0.717) is 13.0 Å². The lowest BCUT2D eigenvalue weighted by Gasteiger charge is -2.15. The number of carboxylic acid groups (broad SMARTS) is 1. The van der Waals surface area contributed by atoms with Crippen molar-refractivity contribution in [1.29, 1.82) is 0 Å². The summed E-state index contributed by atoms with van der Waals surface area (Å²) in [7, 11) is 1.58. The van der Waals surface area contributed by atoms with Gasteiger partial charge in [0.05, 0.1) is 0 Å². The Morgan fingerprint density at radius 3 is 2.56 bits per heavy atom. The smallest absolute Gasteiger partial charge is 0.326 e. The minimum absolute atomic E-state index is 0.110. The fourth-order valence-electron chi connectivity index (χ4n) is 1.70. The van der Waals surface area contributed by atoms with Gasteiger partial charge in [-0.1, -0.05) is 6.92 Å². The first-order chi connectivity index (χ1) is 7.54. The van der Waals surface area contributed by atoms with E-state index in [1.54, 1.807) is 7.11 Å². The lowest BCUT2D eigenvalue weighted by molar-refractivity contribution is -0.142. The summed E-state index contributed by atoms with van der Waals surface area (Å²) in [4.78, 5) is 22.4. The molecule has 1 amide bonds. The van der Waals surface area contributed by atoms with Gasteiger partial charge in [-0.2, -0.15) is 0 Å². The average molecular weight is 229 g/mol. The third kappa shape index (κ3) is 4.18. The van der Waals surface area contributed by atoms with Crippen LogP contribution in [-0.4, -0.2) is 36.7 Å². The fourth-order valence-corrected chi connectivity index (χ4v) is 1.70. The average Bonchev–Trinajstić information content (AvgIpc) is 2.97. The minimum atomic E-state index is -0.935. The molecule has 0 aliphatic heterocycles. The summed E-state index contributed by atoms with van der Waals surface area (Å²) >= 11 is 0. The molecule has 1 aliphatic carbocycles. The molecule has 0 radical (unpaired) electrons. The highest BCUT2D eigenvalue weighted by atomic mass is 16.5. The molecule has 2 atom stereocenters. The van der Waals surface area contributed by atoms with Crippen LogP contribution in [0.15, 0.2) is 0 Å². The molecule has 5 nitrogen and oxygen atoms in total. The van der Waals surface area contributed by atoms with E-state index < -0.39 is 12.0 Å². The van der Waals surface area contributed by atoms with Gasteiger partial charge in [-0.3, -0.25) is 4.79 Å². The van der Waals surface area contributed by atoms with Gasteiger partial charge in [-0.05, 0) is 24.7 Å². The predicted molar refractivity (Wildman–Crippen MR) is 57.9 cm³/mol. The van der Waals surface area contributed by atoms with Crippen LogP contribution in [0.2, 0.25) is 0 Å². The minimum Gasteiger partial charge on any atom is -0.480 e. The number of carbonyl (C=O) groups excluding carboxylic acids is 1. The van der Waals surface area contributed by atoms with Gasteiger partial charge in [0, 0.05) is 20.1 Å². The molecule has 0 aromatic rings. The van der Waals surface area contributed by atoms with Crippen molar-refractivity contribution in [3.8, 4) is 0 Å². The molecule has 0 heterocycles. The normalized spacial score (nSPS) is 18.9. The van der Waals surface area contributed by atoms with Gasteiger partial charge in [0.1, 0.15) is 6.04 Å². The molecular weight excluding hydrogens is 210 g/mol. The van der Waals surface area contributed by atoms with Crippen LogP contribution in [0.3, 0.4) is 0 Å². The van der Waals surface area contributed by atoms with Gasteiger partial charge in [0.2, 0.25) is 5.91 Å². The SMILES string of the molecule is COCC(C)CC(=O)NC(C(=O)O)C1CC1. The summed E-state index contributed by atoms with van der Waals surface area (Å²) < 4.78 is 4.92. The van der Waals surface area contributed by atoms with E-state index in [-0.39, 0.29) is 17.7 Å². The van der Waals surface area contributed by atoms with Crippen LogP contribution in [0.1, 0.15) is 26.2 Å². The number of ether oxygens (including phenoxy) is 1. The zero-order chi connectivity index (χ0) is 12.1. The maximum Gasteiger partial charge on any atom is 0.326 e. The number of rotatable bonds is 7. The zero-order valence-electron chi connectivity index (χ0n) is 9.73. The van der Waals surface area contributed by atoms with Gasteiger partial charge in [0.25, 0.3) is 0 Å². The third-order valence-electron chi connectivity index (χ3n) is 2.66. The highest BCUT2D eigenvalue weighted by molar-refractivity contribution is 5.84. The Morgan fingerprint density at radius 2 is 2.12 bits per heavy atom. The van der Waals surface area contributed by atoms with Gasteiger partial charge in [-0.15, -0.1) is 0 Å². The van der Waals surface area contributed by atoms with Crippen LogP contribution in [-0.2, 0) is 14.3 Å². The van der Waals surface area contributed by atoms with Gasteiger partial charge >= 0.3 is 5.97 Å². The second-order valence-electron chi connectivity index (χ2n) is 4.49. The maximum absolute atomic E-state index is 11.5. The van der Waals surface area contributed by atoms with E-state index in [2.05, 4.69) is 5.32 Å². The van der Waals surface area contributed by atoms with Crippen LogP contribution in [0, 0.1) is 11.8 Å². The van der Waals surface area contributed by atoms with Crippen molar-refractivity contribution >= 4 is 11.9 Å². The standard InChI is InChI=1S/C11H19NO4/c1-7(6-16-2)5-9(13)12-10(11(14)15)8-3-4-8/h7-8,10H,3-6H2,1-2H3,(H,12,13)(H,14,15). The summed E-state index contributed by atoms with van der Waals surface area (Å²) in [6.45, 7) is 2.41. The Kier molecular flexibility index (Phi) is 4.73. The third-order valence-corrected chi connectivity index (χ3v) is 2.66. The van der Waals surface area contributed by atoms with Gasteiger partial charge in [-0.25, -0.2) is 4.79 Å². The first kappa shape index (κ1) is 13.0. The second kappa shape index (κ2) is 5.84. The Labute approximate surface area is 95.2 Å². The highest BCUT2D eigenvalue weighted by Crippen LogP contribution is 2.32. The number of amides is 1. The number of hydrogen-bond acceptors (Lipinski definition) is 3. The largest absolute Gasteiger partial charge is 0.480 e. The first-order valence-electron chi connectivity index (χ1n) is 5.55. The van der Waals surface area contributed by atoms with E-state index in [1.165, 1.54) is 0 Å². The van der Waals surface area contributed by atoms with Gasteiger partial charge in [0.15, 0.2) is 0 Å². The number of aliphatic carboxylic acids is 1. The molecule has 2 unspecified atom stereocenters. The molecule has 0 aromatic carbocycles. The van der Waals surface area contributed by atoms with E-state index >= 15 is 0 Å². The van der Waals surface area contributed by atoms with E-state index in [0.717, 1.165) is 12.8 Å². The Morgan fingerprint density at radius 1 is 1.50 bits per heavy atom. The lowest BCUT2D eigenvalue weighted by Crippen LogP contribution is -2.42. The molecular formula is C11H19NO4. The number of carboxylic acids is 1. The van der Waals surface area contributed by atoms with E-state index in [1.807, 2.05) is 6.92 Å². The molecule has 0 spiro atoms. The molecule has 16 heavy (non-hydrogen) atoms. The number of methoxy groups -OCH3 is 1. The fraction of sp³-hybridized carbons (Fsp3) is 0.818. The monoisotopic (exact) mass is 229 g/mol. The van der Waals surface area contributed by atoms with Crippen molar-refractivity contribution in [2.24, 2.45) is 11.8 Å². The lowest BCUT2D eigenvalue weighted by atomic mass is 10.1. The van der Waals surface area contributed by atoms with Crippen molar-refractivity contribution in [1.82, 2.24) is 5.32 Å². The maximum atomic E-state index is 11.5. The number of hydrogen-bond donors (Lipinski definition) is 2. The molecule has 5 heteroatoms. The quantitative estimate of drug-likeness (QED) is 0.671. The summed E-state index contributed by atoms with van der Waals surface area (Å²) in [6, 6.07) is -0.706. The van der Waals surface area contributed by atoms with E-state index in [4.69, 9.17) is 9.84 Å². The predicted octanol–water partition coefficient (Wildman–Crippen LogP) is 0.638. The summed E-state index contributed by atoms with van der Waals surface area (Å²) in [5.41, 5.74) is 0. The highest BCUT2D eigenvalue weighted by Gasteiger charge is 2.37. The topological polar surface area (TPSA) is 75.6 Å². The van der Waals surface area contributed by atoms with Crippen molar-refractivity contribution in [3.63, 3.8) is 0 Å². The number of nitrogens with one attached hydrogen (secondary N) is 1. The van der Waals surface area contributed by atoms with Gasteiger partial charge < -0.3 is 15.2 Å². The zero-order valence-corrected chi connectivity index (χ0v) is 9.73. The van der Waals surface area contributed by atoms with Crippen LogP contribution in [0.5, 0.6) is 0 Å². The Balaban J connectivity index is 2.33. The molecule has 1 rings (SSSR count). The van der Waals surface area contributed by atoms with E-state index in [9.17, 15) is 9.59 Å². The van der Waals surface area contributed by atoms with Crippen molar-refractivity contribution in [2.75, 3.05) is 13.7 Å². The molecule has 1 aliphatic rings. The molecule has 1 saturated carbocycles. The molecule has 0 saturated heterocycles. The van der Waals surface area contributed by atoms with Crippen molar-refractivity contribution in [2.45, 2.75) is 32.2 Å². The van der Waals surface area contributed by atoms with Crippen molar-refractivity contribution in [3.05, 3.63) is 0 Å². The summed E-state index contributed by atoms with van der Waals surface area (Å²) in [5, 5.41) is 11.5.